The first-order chi connectivity index (χ1) is 9.10. The first-order valence-electron chi connectivity index (χ1n) is 5.68. The predicted molar refractivity (Wildman–Crippen MR) is 75.3 cm³/mol. The van der Waals surface area contributed by atoms with E-state index in [2.05, 4.69) is 5.32 Å². The van der Waals surface area contributed by atoms with Gasteiger partial charge in [0.2, 0.25) is 0 Å². The molecule has 0 radical (unpaired) electrons. The number of rotatable bonds is 2. The number of nitriles is 1. The molecule has 94 valence electrons. The SMILES string of the molecule is Cc1ccc(Cl)c(C(=O)Nc2cccc(C#N)c2)c1. The lowest BCUT2D eigenvalue weighted by molar-refractivity contribution is 0.102. The number of amides is 1. The highest BCUT2D eigenvalue weighted by molar-refractivity contribution is 6.34. The normalized spacial score (nSPS) is 9.74. The summed E-state index contributed by atoms with van der Waals surface area (Å²) in [7, 11) is 0. The second kappa shape index (κ2) is 5.55. The highest BCUT2D eigenvalue weighted by Gasteiger charge is 2.10. The topological polar surface area (TPSA) is 52.9 Å². The lowest BCUT2D eigenvalue weighted by Crippen LogP contribution is -2.12. The molecular formula is C15H11ClN2O. The summed E-state index contributed by atoms with van der Waals surface area (Å²) in [6.45, 7) is 1.89. The van der Waals surface area contributed by atoms with Crippen molar-refractivity contribution >= 4 is 23.2 Å². The number of benzene rings is 2. The van der Waals surface area contributed by atoms with Crippen molar-refractivity contribution in [1.82, 2.24) is 0 Å². The van der Waals surface area contributed by atoms with Crippen molar-refractivity contribution in [2.24, 2.45) is 0 Å². The van der Waals surface area contributed by atoms with Crippen LogP contribution in [0.25, 0.3) is 0 Å². The summed E-state index contributed by atoms with van der Waals surface area (Å²) in [5, 5.41) is 11.9. The van der Waals surface area contributed by atoms with Gasteiger partial charge in [0, 0.05) is 5.69 Å². The maximum Gasteiger partial charge on any atom is 0.257 e. The van der Waals surface area contributed by atoms with Crippen LogP contribution >= 0.6 is 11.6 Å². The minimum absolute atomic E-state index is 0.288. The van der Waals surface area contributed by atoms with Crippen LogP contribution in [0.5, 0.6) is 0 Å². The van der Waals surface area contributed by atoms with E-state index in [1.54, 1.807) is 36.4 Å². The fourth-order valence-electron chi connectivity index (χ4n) is 1.68. The van der Waals surface area contributed by atoms with E-state index in [-0.39, 0.29) is 5.91 Å². The monoisotopic (exact) mass is 270 g/mol. The molecular weight excluding hydrogens is 260 g/mol. The number of aryl methyl sites for hydroxylation is 1. The van der Waals surface area contributed by atoms with Crippen LogP contribution in [0.15, 0.2) is 42.5 Å². The van der Waals surface area contributed by atoms with Gasteiger partial charge in [0.25, 0.3) is 5.91 Å². The van der Waals surface area contributed by atoms with E-state index in [0.717, 1.165) is 5.56 Å². The van der Waals surface area contributed by atoms with Crippen molar-refractivity contribution in [2.45, 2.75) is 6.92 Å². The summed E-state index contributed by atoms with van der Waals surface area (Å²) in [6.07, 6.45) is 0. The van der Waals surface area contributed by atoms with E-state index in [1.807, 2.05) is 19.1 Å². The molecule has 0 atom stereocenters. The standard InChI is InChI=1S/C15H11ClN2O/c1-10-5-6-14(16)13(7-10)15(19)18-12-4-2-3-11(8-12)9-17/h2-8H,1H3,(H,18,19). The molecule has 1 amide bonds. The second-order valence-corrected chi connectivity index (χ2v) is 4.54. The Morgan fingerprint density at radius 2 is 2.05 bits per heavy atom. The summed E-state index contributed by atoms with van der Waals surface area (Å²) in [5.74, 6) is -0.288. The Kier molecular flexibility index (Phi) is 3.84. The molecule has 4 heteroatoms. The Morgan fingerprint density at radius 1 is 1.26 bits per heavy atom. The Labute approximate surface area is 116 Å². The van der Waals surface area contributed by atoms with Crippen LogP contribution in [-0.4, -0.2) is 5.91 Å². The van der Waals surface area contributed by atoms with Crippen molar-refractivity contribution in [3.05, 3.63) is 64.2 Å². The molecule has 0 unspecified atom stereocenters. The lowest BCUT2D eigenvalue weighted by Gasteiger charge is -2.07. The number of nitrogens with zero attached hydrogens (tertiary/aromatic N) is 1. The third-order valence-electron chi connectivity index (χ3n) is 2.62. The quantitative estimate of drug-likeness (QED) is 0.903. The maximum absolute atomic E-state index is 12.1. The van der Waals surface area contributed by atoms with Crippen LogP contribution in [0.2, 0.25) is 5.02 Å². The van der Waals surface area contributed by atoms with Crippen LogP contribution in [0.3, 0.4) is 0 Å². The van der Waals surface area contributed by atoms with E-state index in [4.69, 9.17) is 16.9 Å². The number of hydrogen-bond donors (Lipinski definition) is 1. The van der Waals surface area contributed by atoms with E-state index in [9.17, 15) is 4.79 Å². The summed E-state index contributed by atoms with van der Waals surface area (Å²) < 4.78 is 0. The van der Waals surface area contributed by atoms with Gasteiger partial charge in [-0.25, -0.2) is 0 Å². The van der Waals surface area contributed by atoms with Gasteiger partial charge in [0.1, 0.15) is 0 Å². The molecule has 0 fully saturated rings. The third-order valence-corrected chi connectivity index (χ3v) is 2.95. The van der Waals surface area contributed by atoms with E-state index in [0.29, 0.717) is 21.8 Å². The largest absolute Gasteiger partial charge is 0.322 e. The minimum Gasteiger partial charge on any atom is -0.322 e. The Bertz CT molecular complexity index is 674. The molecule has 0 bridgehead atoms. The maximum atomic E-state index is 12.1. The number of halogens is 1. The zero-order chi connectivity index (χ0) is 13.8. The number of anilines is 1. The molecule has 0 saturated carbocycles. The molecule has 0 aliphatic rings. The van der Waals surface area contributed by atoms with Crippen LogP contribution in [-0.2, 0) is 0 Å². The summed E-state index contributed by atoms with van der Waals surface area (Å²) in [4.78, 5) is 12.1. The van der Waals surface area contributed by atoms with Gasteiger partial charge in [-0.3, -0.25) is 4.79 Å². The number of nitrogens with one attached hydrogen (secondary N) is 1. The zero-order valence-electron chi connectivity index (χ0n) is 10.3. The van der Waals surface area contributed by atoms with Gasteiger partial charge in [-0.1, -0.05) is 29.3 Å². The number of carbonyl (C=O) groups is 1. The first-order valence-corrected chi connectivity index (χ1v) is 6.05. The van der Waals surface area contributed by atoms with Gasteiger partial charge in [-0.05, 0) is 37.3 Å². The molecule has 2 aromatic carbocycles. The molecule has 0 aliphatic heterocycles. The number of carbonyl (C=O) groups excluding carboxylic acids is 1. The van der Waals surface area contributed by atoms with E-state index < -0.39 is 0 Å². The smallest absolute Gasteiger partial charge is 0.257 e. The van der Waals surface area contributed by atoms with Gasteiger partial charge in [-0.15, -0.1) is 0 Å². The Hall–Kier alpha value is -2.31. The van der Waals surface area contributed by atoms with Gasteiger partial charge < -0.3 is 5.32 Å². The molecule has 2 aromatic rings. The van der Waals surface area contributed by atoms with Crippen LogP contribution in [0.1, 0.15) is 21.5 Å². The van der Waals surface area contributed by atoms with E-state index in [1.165, 1.54) is 0 Å². The summed E-state index contributed by atoms with van der Waals surface area (Å²) in [5.41, 5.74) is 2.44. The van der Waals surface area contributed by atoms with Crippen molar-refractivity contribution < 1.29 is 4.79 Å². The molecule has 0 saturated heterocycles. The van der Waals surface area contributed by atoms with Crippen LogP contribution in [0.4, 0.5) is 5.69 Å². The summed E-state index contributed by atoms with van der Waals surface area (Å²) >= 11 is 6.00. The van der Waals surface area contributed by atoms with Gasteiger partial charge in [0.15, 0.2) is 0 Å². The first kappa shape index (κ1) is 13.1. The van der Waals surface area contributed by atoms with E-state index >= 15 is 0 Å². The van der Waals surface area contributed by atoms with Gasteiger partial charge in [0.05, 0.1) is 22.2 Å². The molecule has 19 heavy (non-hydrogen) atoms. The average Bonchev–Trinajstić information content (AvgIpc) is 2.41. The third kappa shape index (κ3) is 3.12. The van der Waals surface area contributed by atoms with Crippen molar-refractivity contribution in [2.75, 3.05) is 5.32 Å². The number of hydrogen-bond acceptors (Lipinski definition) is 2. The molecule has 0 aromatic heterocycles. The van der Waals surface area contributed by atoms with Crippen LogP contribution < -0.4 is 5.32 Å². The molecule has 0 heterocycles. The Morgan fingerprint density at radius 3 is 2.79 bits per heavy atom. The highest BCUT2D eigenvalue weighted by Crippen LogP contribution is 2.19. The van der Waals surface area contributed by atoms with Crippen LogP contribution in [0, 0.1) is 18.3 Å². The van der Waals surface area contributed by atoms with Gasteiger partial charge >= 0.3 is 0 Å². The second-order valence-electron chi connectivity index (χ2n) is 4.13. The summed E-state index contributed by atoms with van der Waals surface area (Å²) in [6, 6.07) is 14.0. The highest BCUT2D eigenvalue weighted by atomic mass is 35.5. The molecule has 1 N–H and O–H groups in total. The molecule has 3 nitrogen and oxygen atoms in total. The fraction of sp³-hybridized carbons (Fsp3) is 0.0667. The molecule has 0 spiro atoms. The average molecular weight is 271 g/mol. The Balaban J connectivity index is 2.26. The fourth-order valence-corrected chi connectivity index (χ4v) is 1.88. The van der Waals surface area contributed by atoms with Crippen molar-refractivity contribution in [1.29, 1.82) is 5.26 Å². The van der Waals surface area contributed by atoms with Crippen molar-refractivity contribution in [3.8, 4) is 6.07 Å². The van der Waals surface area contributed by atoms with Crippen molar-refractivity contribution in [3.63, 3.8) is 0 Å². The molecule has 0 aliphatic carbocycles. The zero-order valence-corrected chi connectivity index (χ0v) is 11.0. The minimum atomic E-state index is -0.288. The predicted octanol–water partition coefficient (Wildman–Crippen LogP) is 3.77. The van der Waals surface area contributed by atoms with Gasteiger partial charge in [-0.2, -0.15) is 5.26 Å². The lowest BCUT2D eigenvalue weighted by atomic mass is 10.1. The molecule has 2 rings (SSSR count).